The summed E-state index contributed by atoms with van der Waals surface area (Å²) in [5.41, 5.74) is 7.73. The SMILES string of the molecule is NC(=O)C1(C(=O)N(c2ccc(F)cc2)c2ccc(Oc3ccnc(Nc4ccc5c(c4)CCCC5=O)n3)cc2)CC1. The number of nitrogens with zero attached hydrogens (tertiary/aromatic N) is 3. The molecule has 0 aliphatic heterocycles. The number of carbonyl (C=O) groups excluding carboxylic acids is 3. The minimum atomic E-state index is -1.26. The van der Waals surface area contributed by atoms with E-state index in [1.54, 1.807) is 36.5 Å². The number of ketones is 1. The fraction of sp³-hybridized carbons (Fsp3) is 0.194. The van der Waals surface area contributed by atoms with Gasteiger partial charge in [0.25, 0.3) is 0 Å². The third-order valence-corrected chi connectivity index (χ3v) is 7.38. The highest BCUT2D eigenvalue weighted by atomic mass is 19.1. The van der Waals surface area contributed by atoms with Gasteiger partial charge in [-0.15, -0.1) is 0 Å². The third kappa shape index (κ3) is 5.23. The van der Waals surface area contributed by atoms with Crippen LogP contribution in [0.15, 0.2) is 79.0 Å². The number of amides is 2. The number of fused-ring (bicyclic) bond motifs is 1. The number of halogens is 1. The van der Waals surface area contributed by atoms with Gasteiger partial charge in [0.15, 0.2) is 5.78 Å². The second-order valence-corrected chi connectivity index (χ2v) is 10.2. The lowest BCUT2D eigenvalue weighted by Crippen LogP contribution is -2.41. The van der Waals surface area contributed by atoms with Crippen LogP contribution >= 0.6 is 0 Å². The summed E-state index contributed by atoms with van der Waals surface area (Å²) in [5.74, 6) is -0.332. The van der Waals surface area contributed by atoms with Gasteiger partial charge in [0.1, 0.15) is 17.0 Å². The van der Waals surface area contributed by atoms with Gasteiger partial charge in [-0.25, -0.2) is 9.37 Å². The summed E-state index contributed by atoms with van der Waals surface area (Å²) in [4.78, 5) is 47.7. The van der Waals surface area contributed by atoms with Crippen molar-refractivity contribution in [1.82, 2.24) is 9.97 Å². The van der Waals surface area contributed by atoms with Crippen molar-refractivity contribution in [1.29, 1.82) is 0 Å². The number of nitrogens with one attached hydrogen (secondary N) is 1. The molecule has 3 N–H and O–H groups in total. The molecule has 10 heteroatoms. The molecule has 1 fully saturated rings. The summed E-state index contributed by atoms with van der Waals surface area (Å²) in [6.07, 6.45) is 4.58. The first-order valence-corrected chi connectivity index (χ1v) is 13.3. The summed E-state index contributed by atoms with van der Waals surface area (Å²) in [7, 11) is 0. The zero-order valence-electron chi connectivity index (χ0n) is 22.0. The van der Waals surface area contributed by atoms with E-state index in [-0.39, 0.29) is 5.78 Å². The van der Waals surface area contributed by atoms with Gasteiger partial charge in [0.05, 0.1) is 0 Å². The van der Waals surface area contributed by atoms with Gasteiger partial charge in [0, 0.05) is 41.3 Å². The Balaban J connectivity index is 1.20. The van der Waals surface area contributed by atoms with Crippen LogP contribution < -0.4 is 20.7 Å². The van der Waals surface area contributed by atoms with E-state index >= 15 is 0 Å². The maximum Gasteiger partial charge on any atom is 0.247 e. The first kappa shape index (κ1) is 26.1. The Hall–Kier alpha value is -5.12. The van der Waals surface area contributed by atoms with Gasteiger partial charge in [0.2, 0.25) is 23.6 Å². The summed E-state index contributed by atoms with van der Waals surface area (Å²) in [6.45, 7) is 0. The molecule has 4 aromatic rings. The second kappa shape index (κ2) is 10.5. The standard InChI is InChI=1S/C31H26FN5O4/c32-20-4-7-22(8-5-20)37(29(40)31(15-16-31)28(33)39)23-9-11-24(12-10-23)41-27-14-17-34-30(36-27)35-21-6-13-25-19(18-21)2-1-3-26(25)38/h4-14,17-18H,1-3,15-16H2,(H2,33,39)(H,34,35,36). The summed E-state index contributed by atoms with van der Waals surface area (Å²) in [5, 5.41) is 3.16. The van der Waals surface area contributed by atoms with E-state index in [1.807, 2.05) is 18.2 Å². The lowest BCUT2D eigenvalue weighted by molar-refractivity contribution is -0.133. The lowest BCUT2D eigenvalue weighted by Gasteiger charge is -2.26. The number of ether oxygens (including phenoxy) is 1. The molecule has 206 valence electrons. The van der Waals surface area contributed by atoms with E-state index < -0.39 is 23.0 Å². The van der Waals surface area contributed by atoms with Gasteiger partial charge < -0.3 is 15.8 Å². The van der Waals surface area contributed by atoms with Crippen LogP contribution in [0.2, 0.25) is 0 Å². The van der Waals surface area contributed by atoms with E-state index in [4.69, 9.17) is 10.5 Å². The van der Waals surface area contributed by atoms with Crippen molar-refractivity contribution in [2.45, 2.75) is 32.1 Å². The van der Waals surface area contributed by atoms with E-state index in [0.717, 1.165) is 29.7 Å². The van der Waals surface area contributed by atoms with Crippen LogP contribution in [0.5, 0.6) is 11.6 Å². The molecule has 2 aliphatic rings. The first-order valence-electron chi connectivity index (χ1n) is 13.3. The Bertz CT molecular complexity index is 1650. The van der Waals surface area contributed by atoms with Crippen molar-refractivity contribution >= 4 is 40.6 Å². The predicted molar refractivity (Wildman–Crippen MR) is 150 cm³/mol. The molecule has 0 bridgehead atoms. The Morgan fingerprint density at radius 2 is 1.66 bits per heavy atom. The average Bonchev–Trinajstić information content (AvgIpc) is 3.78. The molecule has 0 unspecified atom stereocenters. The number of aryl methyl sites for hydroxylation is 1. The van der Waals surface area contributed by atoms with Crippen molar-refractivity contribution in [3.8, 4) is 11.6 Å². The molecule has 0 radical (unpaired) electrons. The molecule has 2 aliphatic carbocycles. The van der Waals surface area contributed by atoms with Crippen molar-refractivity contribution in [3.05, 3.63) is 95.9 Å². The van der Waals surface area contributed by atoms with Crippen LogP contribution in [0.25, 0.3) is 0 Å². The fourth-order valence-corrected chi connectivity index (χ4v) is 4.98. The maximum absolute atomic E-state index is 13.6. The van der Waals surface area contributed by atoms with Gasteiger partial charge in [-0.05, 0) is 98.0 Å². The molecule has 41 heavy (non-hydrogen) atoms. The summed E-state index contributed by atoms with van der Waals surface area (Å²) in [6, 6.07) is 19.3. The monoisotopic (exact) mass is 551 g/mol. The lowest BCUT2D eigenvalue weighted by atomic mass is 9.90. The number of carbonyl (C=O) groups is 3. The summed E-state index contributed by atoms with van der Waals surface area (Å²) < 4.78 is 19.5. The highest BCUT2D eigenvalue weighted by molar-refractivity contribution is 6.16. The molecular formula is C31H26FN5O4. The summed E-state index contributed by atoms with van der Waals surface area (Å²) >= 11 is 0. The number of primary amides is 1. The zero-order chi connectivity index (χ0) is 28.6. The van der Waals surface area contributed by atoms with Crippen molar-refractivity contribution in [2.75, 3.05) is 10.2 Å². The molecule has 0 atom stereocenters. The molecule has 0 spiro atoms. The maximum atomic E-state index is 13.6. The highest BCUT2D eigenvalue weighted by Gasteiger charge is 2.57. The average molecular weight is 552 g/mol. The van der Waals surface area contributed by atoms with E-state index in [1.165, 1.54) is 29.2 Å². The molecule has 2 amide bonds. The van der Waals surface area contributed by atoms with Crippen LogP contribution in [-0.4, -0.2) is 27.6 Å². The first-order chi connectivity index (χ1) is 19.8. The Morgan fingerprint density at radius 1 is 0.951 bits per heavy atom. The molecule has 0 saturated heterocycles. The number of aromatic nitrogens is 2. The third-order valence-electron chi connectivity index (χ3n) is 7.38. The quantitative estimate of drug-likeness (QED) is 0.273. The molecule has 3 aromatic carbocycles. The normalized spacial score (nSPS) is 15.0. The van der Waals surface area contributed by atoms with E-state index in [9.17, 15) is 18.8 Å². The number of nitrogens with two attached hydrogens (primary N) is 1. The number of hydrogen-bond donors (Lipinski definition) is 2. The molecule has 1 heterocycles. The second-order valence-electron chi connectivity index (χ2n) is 10.2. The Labute approximate surface area is 235 Å². The van der Waals surface area contributed by atoms with Gasteiger partial charge >= 0.3 is 0 Å². The number of hydrogen-bond acceptors (Lipinski definition) is 7. The van der Waals surface area contributed by atoms with Crippen LogP contribution in [-0.2, 0) is 16.0 Å². The topological polar surface area (TPSA) is 128 Å². The van der Waals surface area contributed by atoms with Gasteiger partial charge in [-0.2, -0.15) is 4.98 Å². The largest absolute Gasteiger partial charge is 0.439 e. The molecule has 1 aromatic heterocycles. The molecular weight excluding hydrogens is 525 g/mol. The minimum absolute atomic E-state index is 0.167. The molecule has 9 nitrogen and oxygen atoms in total. The number of Topliss-reactive ketones (excluding diaryl/α,β-unsaturated/α-hetero) is 1. The van der Waals surface area contributed by atoms with Crippen molar-refractivity contribution < 1.29 is 23.5 Å². The van der Waals surface area contributed by atoms with E-state index in [2.05, 4.69) is 15.3 Å². The minimum Gasteiger partial charge on any atom is -0.439 e. The van der Waals surface area contributed by atoms with Gasteiger partial charge in [-0.3, -0.25) is 19.3 Å². The predicted octanol–water partition coefficient (Wildman–Crippen LogP) is 5.60. The van der Waals surface area contributed by atoms with Crippen LogP contribution in [0.3, 0.4) is 0 Å². The Kier molecular flexibility index (Phi) is 6.66. The van der Waals surface area contributed by atoms with Crippen molar-refractivity contribution in [3.63, 3.8) is 0 Å². The van der Waals surface area contributed by atoms with Crippen LogP contribution in [0.1, 0.15) is 41.6 Å². The molecule has 6 rings (SSSR count). The number of rotatable bonds is 8. The van der Waals surface area contributed by atoms with E-state index in [0.29, 0.717) is 48.2 Å². The number of anilines is 4. The van der Waals surface area contributed by atoms with Crippen LogP contribution in [0, 0.1) is 11.2 Å². The highest BCUT2D eigenvalue weighted by Crippen LogP contribution is 2.49. The van der Waals surface area contributed by atoms with Crippen molar-refractivity contribution in [2.24, 2.45) is 11.1 Å². The number of benzene rings is 3. The molecule has 1 saturated carbocycles. The smallest absolute Gasteiger partial charge is 0.247 e. The fourth-order valence-electron chi connectivity index (χ4n) is 4.98. The zero-order valence-corrected chi connectivity index (χ0v) is 22.0. The Morgan fingerprint density at radius 3 is 2.34 bits per heavy atom. The van der Waals surface area contributed by atoms with Crippen LogP contribution in [0.4, 0.5) is 27.4 Å². The van der Waals surface area contributed by atoms with Gasteiger partial charge in [-0.1, -0.05) is 0 Å².